The van der Waals surface area contributed by atoms with E-state index in [-0.39, 0.29) is 29.9 Å². The van der Waals surface area contributed by atoms with Gasteiger partial charge >= 0.3 is 0 Å². The molecule has 0 amide bonds. The number of nitrogens with zero attached hydrogens (tertiary/aromatic N) is 1. The molecule has 47 heavy (non-hydrogen) atoms. The zero-order chi connectivity index (χ0) is 34.9. The van der Waals surface area contributed by atoms with Crippen molar-refractivity contribution < 1.29 is 5.48 Å². The monoisotopic (exact) mass is 603 g/mol. The lowest BCUT2D eigenvalue weighted by Gasteiger charge is -2.28. The van der Waals surface area contributed by atoms with Crippen LogP contribution in [0.3, 0.4) is 0 Å². The Bertz CT molecular complexity index is 2490. The fraction of sp³-hybridized carbons (Fsp3) is 0. The van der Waals surface area contributed by atoms with Crippen molar-refractivity contribution in [3.8, 4) is 44.5 Å². The summed E-state index contributed by atoms with van der Waals surface area (Å²) in [6.45, 7) is 0. The Morgan fingerprint density at radius 1 is 0.362 bits per heavy atom. The van der Waals surface area contributed by atoms with Crippen LogP contribution in [0, 0.1) is 0 Å². The number of rotatable bonds is 7. The maximum atomic E-state index is 9.71. The summed E-state index contributed by atoms with van der Waals surface area (Å²) in [7, 11) is 0. The van der Waals surface area contributed by atoms with Crippen molar-refractivity contribution in [3.05, 3.63) is 200 Å². The second kappa shape index (κ2) is 12.7. The number of benzene rings is 8. The normalized spacial score (nSPS) is 12.2. The molecule has 222 valence electrons. The molecule has 0 aromatic heterocycles. The van der Waals surface area contributed by atoms with Gasteiger partial charge in [-0.1, -0.05) is 164 Å². The predicted molar refractivity (Wildman–Crippen MR) is 200 cm³/mol. The second-order valence-corrected chi connectivity index (χ2v) is 11.5. The smallest absolute Gasteiger partial charge is 0.0651 e. The van der Waals surface area contributed by atoms with E-state index in [4.69, 9.17) is 2.74 Å². The molecule has 8 aromatic carbocycles. The van der Waals surface area contributed by atoms with Gasteiger partial charge in [0.1, 0.15) is 0 Å². The van der Waals surface area contributed by atoms with Crippen molar-refractivity contribution in [2.45, 2.75) is 0 Å². The molecule has 0 unspecified atom stereocenters. The molecule has 0 atom stereocenters. The van der Waals surface area contributed by atoms with Crippen molar-refractivity contribution in [2.24, 2.45) is 0 Å². The van der Waals surface area contributed by atoms with Crippen LogP contribution in [-0.2, 0) is 0 Å². The molecule has 0 heterocycles. The van der Waals surface area contributed by atoms with E-state index >= 15 is 0 Å². The number of hydrogen-bond acceptors (Lipinski definition) is 1. The molecule has 8 rings (SSSR count). The number of para-hydroxylation sites is 1. The largest absolute Gasteiger partial charge is 0.310 e. The van der Waals surface area contributed by atoms with Crippen LogP contribution in [0.4, 0.5) is 17.1 Å². The highest BCUT2D eigenvalue weighted by Gasteiger charge is 2.18. The third-order valence-electron chi connectivity index (χ3n) is 8.55. The van der Waals surface area contributed by atoms with Gasteiger partial charge in [0.15, 0.2) is 0 Å². The van der Waals surface area contributed by atoms with Crippen molar-refractivity contribution in [1.29, 1.82) is 0 Å². The first-order valence-electron chi connectivity index (χ1n) is 17.8. The highest BCUT2D eigenvalue weighted by atomic mass is 15.1. The summed E-state index contributed by atoms with van der Waals surface area (Å²) in [6, 6.07) is 58.3. The van der Waals surface area contributed by atoms with Gasteiger partial charge in [0.2, 0.25) is 0 Å². The Morgan fingerprint density at radius 3 is 1.60 bits per heavy atom. The van der Waals surface area contributed by atoms with E-state index in [2.05, 4.69) is 54.6 Å². The van der Waals surface area contributed by atoms with Crippen LogP contribution in [0.2, 0.25) is 0 Å². The molecule has 0 fully saturated rings. The summed E-state index contributed by atoms with van der Waals surface area (Å²) in [5.74, 6) is 0. The van der Waals surface area contributed by atoms with Crippen LogP contribution < -0.4 is 4.90 Å². The molecule has 0 N–H and O–H groups in total. The van der Waals surface area contributed by atoms with E-state index in [1.54, 1.807) is 0 Å². The molecule has 0 radical (unpaired) electrons. The van der Waals surface area contributed by atoms with Crippen molar-refractivity contribution in [2.75, 3.05) is 4.90 Å². The Morgan fingerprint density at radius 2 is 0.894 bits per heavy atom. The summed E-state index contributed by atoms with van der Waals surface area (Å²) in [4.78, 5) is 1.92. The van der Waals surface area contributed by atoms with Gasteiger partial charge < -0.3 is 4.90 Å². The fourth-order valence-corrected chi connectivity index (χ4v) is 6.14. The third-order valence-corrected chi connectivity index (χ3v) is 8.55. The average molecular weight is 604 g/mol. The molecule has 1 heteroatoms. The van der Waals surface area contributed by atoms with E-state index in [1.165, 1.54) is 0 Å². The molecule has 0 saturated carbocycles. The molecule has 1 nitrogen and oxygen atoms in total. The molecule has 8 aromatic rings. The minimum atomic E-state index is -0.222. The van der Waals surface area contributed by atoms with Gasteiger partial charge in [-0.2, -0.15) is 0 Å². The maximum Gasteiger partial charge on any atom is 0.0651 e. The highest BCUT2D eigenvalue weighted by Crippen LogP contribution is 2.42. The summed E-state index contributed by atoms with van der Waals surface area (Å²) in [5.41, 5.74) is 9.02. The third kappa shape index (κ3) is 5.83. The van der Waals surface area contributed by atoms with Gasteiger partial charge in [-0.25, -0.2) is 0 Å². The standard InChI is InChI=1S/C46H33N/c1-3-12-34(13-4-1)37-22-25-39(26-23-37)45-20-9-10-21-46(45)47(43-30-28-38(29-31-43)35-14-5-2-6-15-35)44-19-11-18-41(33-44)42-27-24-36-16-7-8-17-40(36)32-42/h1-33H/i11D,18D,19D,33D. The molecule has 0 aliphatic rings. The summed E-state index contributed by atoms with van der Waals surface area (Å²) < 4.78 is 37.1. The van der Waals surface area contributed by atoms with Crippen molar-refractivity contribution >= 4 is 27.8 Å². The maximum absolute atomic E-state index is 9.71. The molecular weight excluding hydrogens is 567 g/mol. The first kappa shape index (κ1) is 24.1. The van der Waals surface area contributed by atoms with E-state index in [0.29, 0.717) is 11.1 Å². The van der Waals surface area contributed by atoms with Crippen LogP contribution in [0.1, 0.15) is 5.48 Å². The highest BCUT2D eigenvalue weighted by molar-refractivity contribution is 5.91. The Hall–Kier alpha value is -6.18. The van der Waals surface area contributed by atoms with Crippen LogP contribution >= 0.6 is 0 Å². The van der Waals surface area contributed by atoms with E-state index < -0.39 is 0 Å². The van der Waals surface area contributed by atoms with E-state index in [9.17, 15) is 2.74 Å². The SMILES string of the molecule is [2H]c1c([2H])c(-c2ccc3ccccc3c2)c([2H])c(N(c2ccc(-c3ccccc3)cc2)c2ccccc2-c2ccc(-c3ccccc3)cc2)c1[2H]. The van der Waals surface area contributed by atoms with E-state index in [1.807, 2.05) is 126 Å². The van der Waals surface area contributed by atoms with Gasteiger partial charge in [-0.3, -0.25) is 0 Å². The molecule has 0 aliphatic heterocycles. The zero-order valence-corrected chi connectivity index (χ0v) is 25.7. The lowest BCUT2D eigenvalue weighted by Crippen LogP contribution is -2.11. The molecule has 0 aliphatic carbocycles. The Kier molecular flexibility index (Phi) is 6.50. The van der Waals surface area contributed by atoms with Crippen LogP contribution in [-0.4, -0.2) is 0 Å². The first-order chi connectivity index (χ1) is 25.0. The quantitative estimate of drug-likeness (QED) is 0.175. The Labute approximate surface area is 282 Å². The van der Waals surface area contributed by atoms with Gasteiger partial charge in [-0.05, 0) is 86.1 Å². The predicted octanol–water partition coefficient (Wildman–Crippen LogP) is 13.0. The average Bonchev–Trinajstić information content (AvgIpc) is 3.19. The fourth-order valence-electron chi connectivity index (χ4n) is 6.14. The summed E-state index contributed by atoms with van der Waals surface area (Å²) >= 11 is 0. The topological polar surface area (TPSA) is 3.24 Å². The molecule has 0 bridgehead atoms. The van der Waals surface area contributed by atoms with Crippen LogP contribution in [0.25, 0.3) is 55.3 Å². The van der Waals surface area contributed by atoms with Gasteiger partial charge in [-0.15, -0.1) is 0 Å². The van der Waals surface area contributed by atoms with Gasteiger partial charge in [0, 0.05) is 16.9 Å². The Balaban J connectivity index is 1.34. The van der Waals surface area contributed by atoms with E-state index in [0.717, 1.165) is 55.5 Å². The minimum absolute atomic E-state index is 0.0256. The molecular formula is C46H33N. The van der Waals surface area contributed by atoms with Gasteiger partial charge in [0.05, 0.1) is 11.2 Å². The van der Waals surface area contributed by atoms with Gasteiger partial charge in [0.25, 0.3) is 0 Å². The summed E-state index contributed by atoms with van der Waals surface area (Å²) in [5, 5.41) is 2.03. The van der Waals surface area contributed by atoms with Crippen molar-refractivity contribution in [3.63, 3.8) is 0 Å². The summed E-state index contributed by atoms with van der Waals surface area (Å²) in [6.07, 6.45) is 0. The number of hydrogen-bond donors (Lipinski definition) is 0. The van der Waals surface area contributed by atoms with Crippen LogP contribution in [0.15, 0.2) is 200 Å². The second-order valence-electron chi connectivity index (χ2n) is 11.5. The van der Waals surface area contributed by atoms with Crippen molar-refractivity contribution in [1.82, 2.24) is 0 Å². The minimum Gasteiger partial charge on any atom is -0.310 e. The number of anilines is 3. The molecule has 0 saturated heterocycles. The lowest BCUT2D eigenvalue weighted by atomic mass is 9.97. The molecule has 0 spiro atoms. The van der Waals surface area contributed by atoms with Crippen LogP contribution in [0.5, 0.6) is 0 Å². The number of fused-ring (bicyclic) bond motifs is 1. The zero-order valence-electron chi connectivity index (χ0n) is 29.7. The first-order valence-corrected chi connectivity index (χ1v) is 15.8. The lowest BCUT2D eigenvalue weighted by molar-refractivity contribution is 1.28.